The zero-order valence-corrected chi connectivity index (χ0v) is 20.9. The Morgan fingerprint density at radius 1 is 0.833 bits per heavy atom. The van der Waals surface area contributed by atoms with Crippen LogP contribution in [0.4, 0.5) is 0 Å². The average Bonchev–Trinajstić information content (AvgIpc) is 3.24. The third-order valence-corrected chi connectivity index (χ3v) is 12.2. The number of hydrogen-bond donors (Lipinski definition) is 0. The minimum absolute atomic E-state index is 0.522. The van der Waals surface area contributed by atoms with Crippen LogP contribution in [0.5, 0.6) is 0 Å². The van der Waals surface area contributed by atoms with Crippen LogP contribution in [0.25, 0.3) is 17.2 Å². The first-order valence-electron chi connectivity index (χ1n) is 11.5. The van der Waals surface area contributed by atoms with Crippen molar-refractivity contribution in [1.82, 2.24) is 0 Å². The topological polar surface area (TPSA) is 0 Å². The summed E-state index contributed by atoms with van der Waals surface area (Å²) in [5.74, 6) is 1.11. The van der Waals surface area contributed by atoms with Gasteiger partial charge in [0.05, 0.1) is 8.07 Å². The Balaban J connectivity index is 1.81. The fourth-order valence-corrected chi connectivity index (χ4v) is 10.4. The van der Waals surface area contributed by atoms with Gasteiger partial charge >= 0.3 is 0 Å². The minimum Gasteiger partial charge on any atom is -0.0787 e. The third kappa shape index (κ3) is 3.10. The summed E-state index contributed by atoms with van der Waals surface area (Å²) in [4.78, 5) is 0. The molecule has 0 aromatic heterocycles. The van der Waals surface area contributed by atoms with Crippen LogP contribution in [0.15, 0.2) is 70.5 Å². The second-order valence-electron chi connectivity index (χ2n) is 10.2. The van der Waals surface area contributed by atoms with E-state index in [2.05, 4.69) is 109 Å². The molecule has 30 heavy (non-hydrogen) atoms. The van der Waals surface area contributed by atoms with E-state index in [1.54, 1.807) is 16.3 Å². The molecule has 2 aliphatic rings. The molecule has 0 nitrogen and oxygen atoms in total. The van der Waals surface area contributed by atoms with Crippen molar-refractivity contribution < 1.29 is 0 Å². The van der Waals surface area contributed by atoms with Crippen LogP contribution in [-0.4, -0.2) is 8.07 Å². The van der Waals surface area contributed by atoms with Crippen molar-refractivity contribution >= 4 is 14.1 Å². The van der Waals surface area contributed by atoms with Crippen LogP contribution in [0.2, 0.25) is 13.1 Å². The number of rotatable bonds is 4. The van der Waals surface area contributed by atoms with Crippen LogP contribution in [0.1, 0.15) is 69.7 Å². The summed E-state index contributed by atoms with van der Waals surface area (Å²) in [6.45, 7) is 19.2. The first-order chi connectivity index (χ1) is 14.2. The van der Waals surface area contributed by atoms with Gasteiger partial charge in [0.2, 0.25) is 0 Å². The predicted molar refractivity (Wildman–Crippen MR) is 135 cm³/mol. The standard InChI is InChI=1S/C29H36Si/c1-18(2)23-12-9-10-13-24(23)25-14-11-15-27-26(25)16-17-28(27)30(7,8)29-21(5)19(3)20(4)22(29)6/h9-18,21,28H,1-8H3. The van der Waals surface area contributed by atoms with Gasteiger partial charge in [-0.2, -0.15) is 0 Å². The lowest BCUT2D eigenvalue weighted by atomic mass is 9.89. The van der Waals surface area contributed by atoms with Crippen LogP contribution in [0.3, 0.4) is 0 Å². The molecule has 4 rings (SSSR count). The van der Waals surface area contributed by atoms with Gasteiger partial charge in [0.15, 0.2) is 0 Å². The molecule has 156 valence electrons. The smallest absolute Gasteiger partial charge is 0.0787 e. The normalized spacial score (nSPS) is 21.2. The predicted octanol–water partition coefficient (Wildman–Crippen LogP) is 8.68. The molecule has 2 unspecified atom stereocenters. The first-order valence-corrected chi connectivity index (χ1v) is 14.5. The van der Waals surface area contributed by atoms with E-state index >= 15 is 0 Å². The van der Waals surface area contributed by atoms with E-state index in [1.807, 2.05) is 0 Å². The molecule has 0 radical (unpaired) electrons. The largest absolute Gasteiger partial charge is 0.0880 e. The maximum Gasteiger partial charge on any atom is 0.0880 e. The Hall–Kier alpha value is -2.12. The van der Waals surface area contributed by atoms with Crippen molar-refractivity contribution in [3.63, 3.8) is 0 Å². The molecule has 2 atom stereocenters. The van der Waals surface area contributed by atoms with E-state index in [9.17, 15) is 0 Å². The summed E-state index contributed by atoms with van der Waals surface area (Å²) in [5.41, 5.74) is 12.4. The zero-order chi connectivity index (χ0) is 21.8. The second-order valence-corrected chi connectivity index (χ2v) is 14.8. The van der Waals surface area contributed by atoms with E-state index in [4.69, 9.17) is 0 Å². The van der Waals surface area contributed by atoms with E-state index in [0.717, 1.165) is 0 Å². The van der Waals surface area contributed by atoms with Gasteiger partial charge < -0.3 is 0 Å². The molecule has 0 bridgehead atoms. The lowest BCUT2D eigenvalue weighted by Crippen LogP contribution is -2.39. The lowest BCUT2D eigenvalue weighted by molar-refractivity contribution is 0.841. The van der Waals surface area contributed by atoms with E-state index in [-0.39, 0.29) is 0 Å². The van der Waals surface area contributed by atoms with Gasteiger partial charge in [-0.3, -0.25) is 0 Å². The zero-order valence-electron chi connectivity index (χ0n) is 19.9. The van der Waals surface area contributed by atoms with Gasteiger partial charge in [-0.25, -0.2) is 0 Å². The van der Waals surface area contributed by atoms with E-state index in [0.29, 0.717) is 17.4 Å². The molecule has 0 spiro atoms. The number of benzene rings is 2. The third-order valence-electron chi connectivity index (χ3n) is 7.92. The molecule has 0 saturated heterocycles. The van der Waals surface area contributed by atoms with Crippen molar-refractivity contribution in [2.24, 2.45) is 5.92 Å². The summed E-state index contributed by atoms with van der Waals surface area (Å²) in [6.07, 6.45) is 4.94. The monoisotopic (exact) mass is 412 g/mol. The molecule has 0 heterocycles. The maximum absolute atomic E-state index is 2.59. The fraction of sp³-hybridized carbons (Fsp3) is 0.379. The number of hydrogen-bond acceptors (Lipinski definition) is 0. The van der Waals surface area contributed by atoms with Crippen molar-refractivity contribution in [3.8, 4) is 11.1 Å². The fourth-order valence-electron chi connectivity index (χ4n) is 6.02. The first kappa shape index (κ1) is 21.1. The maximum atomic E-state index is 2.59. The summed E-state index contributed by atoms with van der Waals surface area (Å²) in [6, 6.07) is 15.9. The molecule has 0 N–H and O–H groups in total. The van der Waals surface area contributed by atoms with E-state index in [1.165, 1.54) is 33.4 Å². The molecule has 0 amide bonds. The second kappa shape index (κ2) is 7.53. The van der Waals surface area contributed by atoms with Gasteiger partial charge in [-0.05, 0) is 66.0 Å². The quantitative estimate of drug-likeness (QED) is 0.441. The molecule has 2 aromatic carbocycles. The Kier molecular flexibility index (Phi) is 5.30. The highest BCUT2D eigenvalue weighted by atomic mass is 28.3. The lowest BCUT2D eigenvalue weighted by Gasteiger charge is -2.35. The molecule has 0 fully saturated rings. The van der Waals surface area contributed by atoms with Crippen molar-refractivity contribution in [2.45, 2.75) is 66.1 Å². The molecular weight excluding hydrogens is 376 g/mol. The highest BCUT2D eigenvalue weighted by molar-refractivity contribution is 6.86. The molecule has 0 saturated carbocycles. The van der Waals surface area contributed by atoms with Gasteiger partial charge in [0.25, 0.3) is 0 Å². The molecule has 2 aliphatic carbocycles. The molecule has 0 aliphatic heterocycles. The van der Waals surface area contributed by atoms with E-state index < -0.39 is 8.07 Å². The van der Waals surface area contributed by atoms with Crippen LogP contribution < -0.4 is 0 Å². The average molecular weight is 413 g/mol. The summed E-state index contributed by atoms with van der Waals surface area (Å²) in [7, 11) is -1.71. The van der Waals surface area contributed by atoms with Gasteiger partial charge in [0.1, 0.15) is 0 Å². The van der Waals surface area contributed by atoms with Crippen molar-refractivity contribution in [2.75, 3.05) is 0 Å². The van der Waals surface area contributed by atoms with Gasteiger partial charge in [-0.15, -0.1) is 0 Å². The highest BCUT2D eigenvalue weighted by Gasteiger charge is 2.43. The Morgan fingerprint density at radius 3 is 2.13 bits per heavy atom. The van der Waals surface area contributed by atoms with Crippen molar-refractivity contribution in [3.05, 3.63) is 87.1 Å². The highest BCUT2D eigenvalue weighted by Crippen LogP contribution is 2.49. The summed E-state index contributed by atoms with van der Waals surface area (Å²) < 4.78 is 0. The van der Waals surface area contributed by atoms with Crippen LogP contribution >= 0.6 is 0 Å². The Morgan fingerprint density at radius 2 is 1.50 bits per heavy atom. The van der Waals surface area contributed by atoms with Crippen LogP contribution in [-0.2, 0) is 0 Å². The molecule has 1 heteroatoms. The van der Waals surface area contributed by atoms with Gasteiger partial charge in [-0.1, -0.05) is 105 Å². The summed E-state index contributed by atoms with van der Waals surface area (Å²) in [5, 5.41) is 1.76. The van der Waals surface area contributed by atoms with Crippen LogP contribution in [0, 0.1) is 5.92 Å². The molecular formula is C29H36Si. The Bertz CT molecular complexity index is 1090. The SMILES string of the molecule is CC1=C(C)C(C)C([Si](C)(C)C2C=Cc3c(-c4ccccc4C(C)C)cccc32)=C1C. The number of fused-ring (bicyclic) bond motifs is 1. The Labute approximate surface area is 184 Å². The molecule has 2 aromatic rings. The van der Waals surface area contributed by atoms with Crippen molar-refractivity contribution in [1.29, 1.82) is 0 Å². The number of allylic oxidation sites excluding steroid dienone is 5. The van der Waals surface area contributed by atoms with Gasteiger partial charge in [0, 0.05) is 5.54 Å². The summed E-state index contributed by atoms with van der Waals surface area (Å²) >= 11 is 0. The minimum atomic E-state index is -1.71.